The van der Waals surface area contributed by atoms with Gasteiger partial charge in [0.25, 0.3) is 10.0 Å². The van der Waals surface area contributed by atoms with Gasteiger partial charge in [-0.3, -0.25) is 0 Å². The molecule has 2 aromatic rings. The second-order valence-electron chi connectivity index (χ2n) is 4.94. The second-order valence-corrected chi connectivity index (χ2v) is 9.31. The first-order valence-electron chi connectivity index (χ1n) is 6.66. The minimum absolute atomic E-state index is 0.225. The summed E-state index contributed by atoms with van der Waals surface area (Å²) in [6.07, 6.45) is 3.60. The highest BCUT2D eigenvalue weighted by atomic mass is 79.9. The monoisotopic (exact) mass is 403 g/mol. The molecule has 118 valence electrons. The quantitative estimate of drug-likeness (QED) is 0.783. The summed E-state index contributed by atoms with van der Waals surface area (Å²) in [4.78, 5) is 9.07. The van der Waals surface area contributed by atoms with Crippen molar-refractivity contribution in [3.8, 4) is 6.01 Å². The summed E-state index contributed by atoms with van der Waals surface area (Å²) in [7, 11) is -3.43. The highest BCUT2D eigenvalue weighted by Crippen LogP contribution is 2.27. The van der Waals surface area contributed by atoms with Crippen LogP contribution < -0.4 is 4.74 Å². The first kappa shape index (κ1) is 15.9. The predicted molar refractivity (Wildman–Crippen MR) is 86.6 cm³/mol. The average Bonchev–Trinajstić information content (AvgIpc) is 3.11. The van der Waals surface area contributed by atoms with Crippen molar-refractivity contribution in [2.45, 2.75) is 23.7 Å². The van der Waals surface area contributed by atoms with Crippen molar-refractivity contribution in [2.75, 3.05) is 13.1 Å². The molecular formula is C13H14BrN3O3S2. The lowest BCUT2D eigenvalue weighted by Gasteiger charge is -2.15. The van der Waals surface area contributed by atoms with Gasteiger partial charge in [-0.2, -0.15) is 4.31 Å². The summed E-state index contributed by atoms with van der Waals surface area (Å²) in [5.74, 6) is 0. The van der Waals surface area contributed by atoms with Gasteiger partial charge in [-0.15, -0.1) is 11.3 Å². The number of nitrogens with zero attached hydrogens (tertiary/aromatic N) is 3. The largest absolute Gasteiger partial charge is 0.459 e. The molecule has 3 rings (SSSR count). The van der Waals surface area contributed by atoms with E-state index in [1.54, 1.807) is 18.5 Å². The third kappa shape index (κ3) is 3.32. The Balaban J connectivity index is 1.68. The summed E-state index contributed by atoms with van der Waals surface area (Å²) in [5, 5.41) is 0. The molecule has 2 aromatic heterocycles. The Morgan fingerprint density at radius 1 is 1.36 bits per heavy atom. The zero-order valence-corrected chi connectivity index (χ0v) is 15.0. The molecule has 0 bridgehead atoms. The molecule has 1 fully saturated rings. The lowest BCUT2D eigenvalue weighted by molar-refractivity contribution is 0.197. The zero-order chi connectivity index (χ0) is 15.7. The number of aromatic nitrogens is 2. The van der Waals surface area contributed by atoms with E-state index in [2.05, 4.69) is 25.9 Å². The van der Waals surface area contributed by atoms with E-state index in [1.165, 1.54) is 15.6 Å². The van der Waals surface area contributed by atoms with Crippen molar-refractivity contribution in [3.05, 3.63) is 33.9 Å². The number of halogens is 1. The lowest BCUT2D eigenvalue weighted by Crippen LogP contribution is -2.30. The number of ether oxygens (including phenoxy) is 1. The summed E-state index contributed by atoms with van der Waals surface area (Å²) in [6.45, 7) is 2.66. The first-order valence-corrected chi connectivity index (χ1v) is 9.71. The van der Waals surface area contributed by atoms with Gasteiger partial charge in [0.15, 0.2) is 0 Å². The third-order valence-electron chi connectivity index (χ3n) is 3.29. The Kier molecular flexibility index (Phi) is 4.49. The van der Waals surface area contributed by atoms with Crippen LogP contribution in [-0.2, 0) is 10.0 Å². The number of hydrogen-bond acceptors (Lipinski definition) is 6. The maximum atomic E-state index is 12.5. The maximum Gasteiger partial charge on any atom is 0.316 e. The van der Waals surface area contributed by atoms with Gasteiger partial charge < -0.3 is 4.74 Å². The van der Waals surface area contributed by atoms with Crippen molar-refractivity contribution < 1.29 is 13.2 Å². The molecule has 0 radical (unpaired) electrons. The van der Waals surface area contributed by atoms with Crippen molar-refractivity contribution in [1.29, 1.82) is 0 Å². The standard InChI is InChI=1S/C13H14BrN3O3S2/c1-9-2-3-12(21-9)22(18,19)17-5-4-11(8-17)20-13-15-6-10(14)7-16-13/h2-3,6-7,11H,4-5,8H2,1H3/t11-/m1/s1. The molecule has 9 heteroatoms. The molecule has 0 saturated carbocycles. The van der Waals surface area contributed by atoms with Gasteiger partial charge in [-0.05, 0) is 41.4 Å². The van der Waals surface area contributed by atoms with E-state index in [1.807, 2.05) is 13.0 Å². The molecule has 6 nitrogen and oxygen atoms in total. The van der Waals surface area contributed by atoms with Crippen molar-refractivity contribution in [3.63, 3.8) is 0 Å². The van der Waals surface area contributed by atoms with Gasteiger partial charge in [-0.25, -0.2) is 18.4 Å². The molecule has 0 aromatic carbocycles. The fraction of sp³-hybridized carbons (Fsp3) is 0.385. The molecule has 0 spiro atoms. The number of aryl methyl sites for hydroxylation is 1. The smallest absolute Gasteiger partial charge is 0.316 e. The minimum atomic E-state index is -3.43. The first-order chi connectivity index (χ1) is 10.4. The minimum Gasteiger partial charge on any atom is -0.459 e. The molecule has 1 aliphatic heterocycles. The Labute approximate surface area is 141 Å². The zero-order valence-electron chi connectivity index (χ0n) is 11.8. The molecule has 1 atom stereocenters. The molecular weight excluding hydrogens is 390 g/mol. The highest BCUT2D eigenvalue weighted by molar-refractivity contribution is 9.10. The summed E-state index contributed by atoms with van der Waals surface area (Å²) in [6, 6.07) is 3.73. The molecule has 0 N–H and O–H groups in total. The fourth-order valence-electron chi connectivity index (χ4n) is 2.20. The van der Waals surface area contributed by atoms with Crippen molar-refractivity contribution in [1.82, 2.24) is 14.3 Å². The van der Waals surface area contributed by atoms with Crippen molar-refractivity contribution >= 4 is 37.3 Å². The van der Waals surface area contributed by atoms with Crippen molar-refractivity contribution in [2.24, 2.45) is 0 Å². The van der Waals surface area contributed by atoms with Crippen LogP contribution in [0.3, 0.4) is 0 Å². The Bertz CT molecular complexity index is 761. The number of hydrogen-bond donors (Lipinski definition) is 0. The summed E-state index contributed by atoms with van der Waals surface area (Å²) >= 11 is 4.54. The molecule has 3 heterocycles. The van der Waals surface area contributed by atoms with Gasteiger partial charge in [0.05, 0.1) is 11.0 Å². The van der Waals surface area contributed by atoms with Crippen LogP contribution in [0.15, 0.2) is 33.2 Å². The Hall–Kier alpha value is -1.03. The highest BCUT2D eigenvalue weighted by Gasteiger charge is 2.34. The number of thiophene rings is 1. The van der Waals surface area contributed by atoms with Crippen LogP contribution in [0, 0.1) is 6.92 Å². The predicted octanol–water partition coefficient (Wildman–Crippen LogP) is 2.45. The van der Waals surface area contributed by atoms with E-state index in [-0.39, 0.29) is 12.1 Å². The Morgan fingerprint density at radius 2 is 2.09 bits per heavy atom. The fourth-order valence-corrected chi connectivity index (χ4v) is 5.33. The van der Waals surface area contributed by atoms with Gasteiger partial charge in [-0.1, -0.05) is 0 Å². The van der Waals surface area contributed by atoms with E-state index >= 15 is 0 Å². The van der Waals surface area contributed by atoms with Gasteiger partial charge in [0.2, 0.25) is 0 Å². The normalized spacial score (nSPS) is 19.5. The molecule has 22 heavy (non-hydrogen) atoms. The van der Waals surface area contributed by atoms with E-state index < -0.39 is 10.0 Å². The van der Waals surface area contributed by atoms with Gasteiger partial charge in [0.1, 0.15) is 10.3 Å². The Morgan fingerprint density at radius 3 is 2.73 bits per heavy atom. The van der Waals surface area contributed by atoms with Crippen LogP contribution in [0.5, 0.6) is 6.01 Å². The molecule has 1 saturated heterocycles. The molecule has 1 aliphatic rings. The second kappa shape index (κ2) is 6.23. The lowest BCUT2D eigenvalue weighted by atomic mass is 10.3. The molecule has 0 unspecified atom stereocenters. The van der Waals surface area contributed by atoms with Gasteiger partial charge in [0, 0.05) is 23.8 Å². The van der Waals surface area contributed by atoms with E-state index in [0.717, 1.165) is 9.35 Å². The number of rotatable bonds is 4. The van der Waals surface area contributed by atoms with Crippen LogP contribution in [0.2, 0.25) is 0 Å². The maximum absolute atomic E-state index is 12.5. The van der Waals surface area contributed by atoms with Crippen LogP contribution in [0.1, 0.15) is 11.3 Å². The average molecular weight is 404 g/mol. The SMILES string of the molecule is Cc1ccc(S(=O)(=O)N2CC[C@@H](Oc3ncc(Br)cn3)C2)s1. The molecule has 0 amide bonds. The van der Waals surface area contributed by atoms with Crippen LogP contribution in [0.4, 0.5) is 0 Å². The van der Waals surface area contributed by atoms with Crippen LogP contribution in [0.25, 0.3) is 0 Å². The number of sulfonamides is 1. The van der Waals surface area contributed by atoms with E-state index in [0.29, 0.717) is 23.7 Å². The topological polar surface area (TPSA) is 72.4 Å². The summed E-state index contributed by atoms with van der Waals surface area (Å²) in [5.41, 5.74) is 0. The molecule has 0 aliphatic carbocycles. The third-order valence-corrected chi connectivity index (χ3v) is 7.03. The van der Waals surface area contributed by atoms with E-state index in [4.69, 9.17) is 4.74 Å². The van der Waals surface area contributed by atoms with Crippen LogP contribution in [-0.4, -0.2) is 41.9 Å². The van der Waals surface area contributed by atoms with Gasteiger partial charge >= 0.3 is 6.01 Å². The van der Waals surface area contributed by atoms with E-state index in [9.17, 15) is 8.42 Å². The van der Waals surface area contributed by atoms with Crippen LogP contribution >= 0.6 is 27.3 Å². The summed E-state index contributed by atoms with van der Waals surface area (Å²) < 4.78 is 33.3.